The molecule has 1 unspecified atom stereocenters. The van der Waals surface area contributed by atoms with Gasteiger partial charge in [-0.25, -0.2) is 0 Å². The first-order valence-electron chi connectivity index (χ1n) is 7.83. The predicted octanol–water partition coefficient (Wildman–Crippen LogP) is 3.57. The van der Waals surface area contributed by atoms with Crippen molar-refractivity contribution in [1.82, 2.24) is 15.1 Å². The van der Waals surface area contributed by atoms with E-state index in [9.17, 15) is 0 Å². The van der Waals surface area contributed by atoms with E-state index in [2.05, 4.69) is 68.9 Å². The first-order chi connectivity index (χ1) is 10.0. The molecule has 0 spiro atoms. The van der Waals surface area contributed by atoms with Gasteiger partial charge in [-0.1, -0.05) is 43.7 Å². The van der Waals surface area contributed by atoms with Gasteiger partial charge in [-0.3, -0.25) is 4.68 Å². The maximum absolute atomic E-state index is 4.75. The summed E-state index contributed by atoms with van der Waals surface area (Å²) in [5.41, 5.74) is 6.44. The van der Waals surface area contributed by atoms with Crippen LogP contribution in [-0.4, -0.2) is 22.9 Å². The van der Waals surface area contributed by atoms with Crippen LogP contribution in [0.3, 0.4) is 0 Å². The Bertz CT molecular complexity index is 581. The Hall–Kier alpha value is -1.61. The van der Waals surface area contributed by atoms with E-state index < -0.39 is 0 Å². The molecule has 3 nitrogen and oxygen atoms in total. The van der Waals surface area contributed by atoms with Crippen LogP contribution in [-0.2, 0) is 6.54 Å². The lowest BCUT2D eigenvalue weighted by Crippen LogP contribution is -2.20. The minimum atomic E-state index is 0.497. The van der Waals surface area contributed by atoms with Gasteiger partial charge < -0.3 is 5.32 Å². The molecule has 0 saturated carbocycles. The molecule has 1 atom stereocenters. The molecule has 3 heteroatoms. The predicted molar refractivity (Wildman–Crippen MR) is 88.9 cm³/mol. The highest BCUT2D eigenvalue weighted by molar-refractivity contribution is 5.30. The third kappa shape index (κ3) is 3.73. The SMILES string of the molecule is CCNCC(C)c1c(C)nn(Cc2ccc(C)cc2)c1C. The number of rotatable bonds is 6. The van der Waals surface area contributed by atoms with Crippen molar-refractivity contribution < 1.29 is 0 Å². The fourth-order valence-corrected chi connectivity index (χ4v) is 2.91. The number of hydrogen-bond acceptors (Lipinski definition) is 2. The van der Waals surface area contributed by atoms with Crippen LogP contribution in [0.15, 0.2) is 24.3 Å². The molecule has 0 fully saturated rings. The Kier molecular flexibility index (Phi) is 5.18. The van der Waals surface area contributed by atoms with E-state index in [-0.39, 0.29) is 0 Å². The third-order valence-corrected chi connectivity index (χ3v) is 4.08. The molecule has 21 heavy (non-hydrogen) atoms. The van der Waals surface area contributed by atoms with Crippen LogP contribution in [0, 0.1) is 20.8 Å². The van der Waals surface area contributed by atoms with Gasteiger partial charge in [-0.2, -0.15) is 5.10 Å². The van der Waals surface area contributed by atoms with E-state index >= 15 is 0 Å². The minimum absolute atomic E-state index is 0.497. The summed E-state index contributed by atoms with van der Waals surface area (Å²) in [6.07, 6.45) is 0. The van der Waals surface area contributed by atoms with E-state index in [1.807, 2.05) is 0 Å². The number of nitrogens with zero attached hydrogens (tertiary/aromatic N) is 2. The second kappa shape index (κ2) is 6.90. The molecule has 0 aliphatic carbocycles. The fraction of sp³-hybridized carbons (Fsp3) is 0.500. The maximum atomic E-state index is 4.75. The van der Waals surface area contributed by atoms with Gasteiger partial charge in [0.05, 0.1) is 12.2 Å². The molecule has 1 N–H and O–H groups in total. The van der Waals surface area contributed by atoms with Crippen molar-refractivity contribution in [2.75, 3.05) is 13.1 Å². The highest BCUT2D eigenvalue weighted by atomic mass is 15.3. The molecule has 2 aromatic rings. The Morgan fingerprint density at radius 2 is 1.81 bits per heavy atom. The Labute approximate surface area is 128 Å². The van der Waals surface area contributed by atoms with Crippen molar-refractivity contribution in [3.8, 4) is 0 Å². The molecule has 0 bridgehead atoms. The molecule has 0 aliphatic heterocycles. The molecular weight excluding hydrogens is 258 g/mol. The van der Waals surface area contributed by atoms with Crippen LogP contribution in [0.1, 0.15) is 47.8 Å². The Balaban J connectivity index is 2.20. The van der Waals surface area contributed by atoms with Crippen molar-refractivity contribution in [2.24, 2.45) is 0 Å². The number of hydrogen-bond donors (Lipinski definition) is 1. The average molecular weight is 285 g/mol. The normalized spacial score (nSPS) is 12.6. The van der Waals surface area contributed by atoms with Crippen LogP contribution < -0.4 is 5.32 Å². The van der Waals surface area contributed by atoms with Crippen molar-refractivity contribution >= 4 is 0 Å². The lowest BCUT2D eigenvalue weighted by molar-refractivity contribution is 0.624. The molecule has 114 valence electrons. The molecule has 1 heterocycles. The minimum Gasteiger partial charge on any atom is -0.316 e. The fourth-order valence-electron chi connectivity index (χ4n) is 2.91. The van der Waals surface area contributed by atoms with Crippen molar-refractivity contribution in [2.45, 2.75) is 47.1 Å². The summed E-state index contributed by atoms with van der Waals surface area (Å²) in [5, 5.41) is 8.18. The zero-order chi connectivity index (χ0) is 15.4. The highest BCUT2D eigenvalue weighted by Crippen LogP contribution is 2.23. The number of likely N-dealkylation sites (N-methyl/N-ethyl adjacent to an activating group) is 1. The quantitative estimate of drug-likeness (QED) is 0.879. The number of aryl methyl sites for hydroxylation is 2. The average Bonchev–Trinajstić information content (AvgIpc) is 2.73. The topological polar surface area (TPSA) is 29.9 Å². The van der Waals surface area contributed by atoms with Gasteiger partial charge in [0.1, 0.15) is 0 Å². The molecule has 0 saturated heterocycles. The highest BCUT2D eigenvalue weighted by Gasteiger charge is 2.17. The third-order valence-electron chi connectivity index (χ3n) is 4.08. The van der Waals surface area contributed by atoms with E-state index in [1.54, 1.807) is 0 Å². The standard InChI is InChI=1S/C18H27N3/c1-6-19-11-14(3)18-15(4)20-21(16(18)5)12-17-9-7-13(2)8-10-17/h7-10,14,19H,6,11-12H2,1-5H3. The smallest absolute Gasteiger partial charge is 0.0662 e. The summed E-state index contributed by atoms with van der Waals surface area (Å²) in [6.45, 7) is 13.7. The Morgan fingerprint density at radius 1 is 1.14 bits per heavy atom. The van der Waals surface area contributed by atoms with Gasteiger partial charge in [0, 0.05) is 17.8 Å². The summed E-state index contributed by atoms with van der Waals surface area (Å²) in [5.74, 6) is 0.497. The van der Waals surface area contributed by atoms with Crippen molar-refractivity contribution in [1.29, 1.82) is 0 Å². The summed E-state index contributed by atoms with van der Waals surface area (Å²) < 4.78 is 2.14. The van der Waals surface area contributed by atoms with Crippen LogP contribution in [0.2, 0.25) is 0 Å². The van der Waals surface area contributed by atoms with Crippen LogP contribution >= 0.6 is 0 Å². The maximum Gasteiger partial charge on any atom is 0.0662 e. The molecule has 0 aliphatic rings. The lowest BCUT2D eigenvalue weighted by atomic mass is 9.99. The molecular formula is C18H27N3. The van der Waals surface area contributed by atoms with Gasteiger partial charge in [-0.05, 0) is 38.8 Å². The van der Waals surface area contributed by atoms with Gasteiger partial charge >= 0.3 is 0 Å². The van der Waals surface area contributed by atoms with Crippen molar-refractivity contribution in [3.63, 3.8) is 0 Å². The summed E-state index contributed by atoms with van der Waals surface area (Å²) >= 11 is 0. The van der Waals surface area contributed by atoms with E-state index in [4.69, 9.17) is 5.10 Å². The second-order valence-electron chi connectivity index (χ2n) is 5.94. The van der Waals surface area contributed by atoms with Crippen LogP contribution in [0.25, 0.3) is 0 Å². The number of nitrogens with one attached hydrogen (secondary N) is 1. The van der Waals surface area contributed by atoms with Crippen LogP contribution in [0.4, 0.5) is 0 Å². The second-order valence-corrected chi connectivity index (χ2v) is 5.94. The molecule has 0 radical (unpaired) electrons. The van der Waals surface area contributed by atoms with Gasteiger partial charge in [-0.15, -0.1) is 0 Å². The van der Waals surface area contributed by atoms with E-state index in [1.165, 1.54) is 22.4 Å². The van der Waals surface area contributed by atoms with Crippen molar-refractivity contribution in [3.05, 3.63) is 52.3 Å². The summed E-state index contributed by atoms with van der Waals surface area (Å²) in [7, 11) is 0. The number of benzene rings is 1. The Morgan fingerprint density at radius 3 is 2.43 bits per heavy atom. The van der Waals surface area contributed by atoms with Gasteiger partial charge in [0.25, 0.3) is 0 Å². The van der Waals surface area contributed by atoms with E-state index in [0.29, 0.717) is 5.92 Å². The monoisotopic (exact) mass is 285 g/mol. The summed E-state index contributed by atoms with van der Waals surface area (Å²) in [6, 6.07) is 8.70. The summed E-state index contributed by atoms with van der Waals surface area (Å²) in [4.78, 5) is 0. The van der Waals surface area contributed by atoms with E-state index in [0.717, 1.165) is 25.3 Å². The molecule has 0 amide bonds. The lowest BCUT2D eigenvalue weighted by Gasteiger charge is -2.13. The first-order valence-corrected chi connectivity index (χ1v) is 7.83. The van der Waals surface area contributed by atoms with Gasteiger partial charge in [0.2, 0.25) is 0 Å². The van der Waals surface area contributed by atoms with Crippen LogP contribution in [0.5, 0.6) is 0 Å². The zero-order valence-electron chi connectivity index (χ0n) is 13.9. The molecule has 1 aromatic heterocycles. The molecule has 1 aromatic carbocycles. The largest absolute Gasteiger partial charge is 0.316 e. The molecule has 2 rings (SSSR count). The number of aromatic nitrogens is 2. The first kappa shape index (κ1) is 15.8. The van der Waals surface area contributed by atoms with Gasteiger partial charge in [0.15, 0.2) is 0 Å². The zero-order valence-corrected chi connectivity index (χ0v) is 13.9.